The summed E-state index contributed by atoms with van der Waals surface area (Å²) in [7, 11) is 0. The first-order valence-electron chi connectivity index (χ1n) is 8.75. The minimum absolute atomic E-state index is 0.253. The molecule has 1 heteroatoms. The number of fused-ring (bicyclic) bond motifs is 1. The van der Waals surface area contributed by atoms with Crippen molar-refractivity contribution < 1.29 is 5.11 Å². The summed E-state index contributed by atoms with van der Waals surface area (Å²) < 4.78 is 0. The zero-order valence-electron chi connectivity index (χ0n) is 13.9. The normalized spacial score (nSPS) is 27.4. The van der Waals surface area contributed by atoms with E-state index < -0.39 is 0 Å². The first-order valence-corrected chi connectivity index (χ1v) is 8.75. The quantitative estimate of drug-likeness (QED) is 0.805. The lowest BCUT2D eigenvalue weighted by molar-refractivity contribution is 0.0528. The van der Waals surface area contributed by atoms with Crippen LogP contribution >= 0.6 is 0 Å². The molecule has 1 nitrogen and oxygen atoms in total. The Kier molecular flexibility index (Phi) is 4.14. The van der Waals surface area contributed by atoms with Gasteiger partial charge in [-0.05, 0) is 78.9 Å². The second kappa shape index (κ2) is 5.76. The van der Waals surface area contributed by atoms with Crippen molar-refractivity contribution in [1.29, 1.82) is 0 Å². The zero-order chi connectivity index (χ0) is 15.0. The van der Waals surface area contributed by atoms with Gasteiger partial charge < -0.3 is 5.11 Å². The molecule has 0 bridgehead atoms. The average molecular weight is 286 g/mol. The second-order valence-corrected chi connectivity index (χ2v) is 8.30. The fourth-order valence-corrected chi connectivity index (χ4v) is 4.35. The zero-order valence-corrected chi connectivity index (χ0v) is 13.9. The third-order valence-corrected chi connectivity index (χ3v) is 5.91. The van der Waals surface area contributed by atoms with Crippen molar-refractivity contribution in [1.82, 2.24) is 0 Å². The molecule has 1 aromatic carbocycles. The molecule has 1 aromatic rings. The highest BCUT2D eigenvalue weighted by molar-refractivity contribution is 5.36. The van der Waals surface area contributed by atoms with Gasteiger partial charge in [0.15, 0.2) is 0 Å². The van der Waals surface area contributed by atoms with Crippen LogP contribution in [0.25, 0.3) is 0 Å². The van der Waals surface area contributed by atoms with Crippen molar-refractivity contribution in [3.05, 3.63) is 34.9 Å². The minimum atomic E-state index is -0.253. The smallest absolute Gasteiger partial charge is 0.0818 e. The summed E-state index contributed by atoms with van der Waals surface area (Å²) in [6.45, 7) is 7.07. The van der Waals surface area contributed by atoms with E-state index in [0.29, 0.717) is 11.3 Å². The molecule has 0 amide bonds. The fraction of sp³-hybridized carbons (Fsp3) is 0.700. The summed E-state index contributed by atoms with van der Waals surface area (Å²) in [5, 5.41) is 10.8. The van der Waals surface area contributed by atoms with Gasteiger partial charge in [-0.1, -0.05) is 39.0 Å². The van der Waals surface area contributed by atoms with E-state index in [0.717, 1.165) is 11.5 Å². The molecular formula is C20H30O. The van der Waals surface area contributed by atoms with Crippen LogP contribution < -0.4 is 0 Å². The van der Waals surface area contributed by atoms with Gasteiger partial charge in [0.2, 0.25) is 0 Å². The van der Waals surface area contributed by atoms with Crippen molar-refractivity contribution in [3.8, 4) is 0 Å². The number of hydrogen-bond acceptors (Lipinski definition) is 1. The summed E-state index contributed by atoms with van der Waals surface area (Å²) in [5.74, 6) is 1.28. The monoisotopic (exact) mass is 286 g/mol. The third-order valence-electron chi connectivity index (χ3n) is 5.91. The Labute approximate surface area is 129 Å². The van der Waals surface area contributed by atoms with Crippen LogP contribution in [0.5, 0.6) is 0 Å². The summed E-state index contributed by atoms with van der Waals surface area (Å²) in [4.78, 5) is 0. The average Bonchev–Trinajstić information content (AvgIpc) is 2.93. The lowest BCUT2D eigenvalue weighted by atomic mass is 9.68. The number of rotatable bonds is 2. The van der Waals surface area contributed by atoms with Gasteiger partial charge in [-0.3, -0.25) is 0 Å². The molecule has 21 heavy (non-hydrogen) atoms. The third kappa shape index (κ3) is 3.18. The van der Waals surface area contributed by atoms with E-state index in [-0.39, 0.29) is 6.10 Å². The Morgan fingerprint density at radius 2 is 1.67 bits per heavy atom. The van der Waals surface area contributed by atoms with Gasteiger partial charge in [-0.25, -0.2) is 0 Å². The van der Waals surface area contributed by atoms with Gasteiger partial charge in [0.05, 0.1) is 6.10 Å². The summed E-state index contributed by atoms with van der Waals surface area (Å²) in [6, 6.07) is 6.70. The van der Waals surface area contributed by atoms with Crippen molar-refractivity contribution in [2.45, 2.75) is 71.8 Å². The number of benzene rings is 1. The summed E-state index contributed by atoms with van der Waals surface area (Å²) in [5.41, 5.74) is 4.57. The second-order valence-electron chi connectivity index (χ2n) is 8.30. The minimum Gasteiger partial charge on any atom is -0.388 e. The Morgan fingerprint density at radius 1 is 1.00 bits per heavy atom. The molecule has 1 atom stereocenters. The molecule has 0 aromatic heterocycles. The van der Waals surface area contributed by atoms with E-state index in [4.69, 9.17) is 0 Å². The largest absolute Gasteiger partial charge is 0.388 e. The molecule has 0 saturated heterocycles. The van der Waals surface area contributed by atoms with Crippen LogP contribution in [0.2, 0.25) is 0 Å². The van der Waals surface area contributed by atoms with Crippen molar-refractivity contribution in [2.24, 2.45) is 17.3 Å². The first-order chi connectivity index (χ1) is 9.95. The van der Waals surface area contributed by atoms with Crippen LogP contribution in [0.15, 0.2) is 18.2 Å². The standard InChI is InChI=1S/C20H30O/c1-20(2,3)18-11-9-15(10-12-18)19(21)17-8-7-14-5-4-6-16(14)13-17/h7-8,13,15,18-19,21H,4-6,9-12H2,1-3H3. The van der Waals surface area contributed by atoms with Crippen LogP contribution in [0.4, 0.5) is 0 Å². The lowest BCUT2D eigenvalue weighted by Crippen LogP contribution is -2.28. The number of aliphatic hydroxyl groups is 1. The van der Waals surface area contributed by atoms with Crippen LogP contribution in [0.1, 0.15) is 75.7 Å². The SMILES string of the molecule is CC(C)(C)C1CCC(C(O)c2ccc3c(c2)CCC3)CC1. The Bertz CT molecular complexity index is 489. The molecule has 0 radical (unpaired) electrons. The molecule has 2 aliphatic rings. The molecule has 116 valence electrons. The van der Waals surface area contributed by atoms with Gasteiger partial charge >= 0.3 is 0 Å². The number of aryl methyl sites for hydroxylation is 2. The Hall–Kier alpha value is -0.820. The maximum atomic E-state index is 10.8. The molecule has 1 N–H and O–H groups in total. The Balaban J connectivity index is 1.65. The highest BCUT2D eigenvalue weighted by Crippen LogP contribution is 2.43. The van der Waals surface area contributed by atoms with E-state index >= 15 is 0 Å². The maximum Gasteiger partial charge on any atom is 0.0818 e. The molecule has 0 spiro atoms. The van der Waals surface area contributed by atoms with Gasteiger partial charge in [-0.2, -0.15) is 0 Å². The van der Waals surface area contributed by atoms with E-state index in [2.05, 4.69) is 39.0 Å². The van der Waals surface area contributed by atoms with Crippen molar-refractivity contribution >= 4 is 0 Å². The highest BCUT2D eigenvalue weighted by Gasteiger charge is 2.32. The van der Waals surface area contributed by atoms with E-state index in [1.165, 1.54) is 56.1 Å². The predicted octanol–water partition coefficient (Wildman–Crippen LogP) is 5.06. The van der Waals surface area contributed by atoms with Gasteiger partial charge in [0, 0.05) is 0 Å². The molecule has 0 aliphatic heterocycles. The fourth-order valence-electron chi connectivity index (χ4n) is 4.35. The number of aliphatic hydroxyl groups excluding tert-OH is 1. The molecule has 2 aliphatic carbocycles. The molecule has 3 rings (SSSR count). The lowest BCUT2D eigenvalue weighted by Gasteiger charge is -2.38. The molecule has 1 unspecified atom stereocenters. The molecule has 0 heterocycles. The van der Waals surface area contributed by atoms with E-state index in [1.807, 2.05) is 0 Å². The number of hydrogen-bond donors (Lipinski definition) is 1. The van der Waals surface area contributed by atoms with Crippen LogP contribution in [0, 0.1) is 17.3 Å². The van der Waals surface area contributed by atoms with E-state index in [1.54, 1.807) is 0 Å². The van der Waals surface area contributed by atoms with Gasteiger partial charge in [-0.15, -0.1) is 0 Å². The molecule has 1 fully saturated rings. The van der Waals surface area contributed by atoms with Crippen molar-refractivity contribution in [2.75, 3.05) is 0 Å². The molecular weight excluding hydrogens is 256 g/mol. The predicted molar refractivity (Wildman–Crippen MR) is 88.3 cm³/mol. The van der Waals surface area contributed by atoms with Crippen LogP contribution in [-0.2, 0) is 12.8 Å². The van der Waals surface area contributed by atoms with Crippen LogP contribution in [0.3, 0.4) is 0 Å². The Morgan fingerprint density at radius 3 is 2.33 bits per heavy atom. The first kappa shape index (κ1) is 15.1. The summed E-state index contributed by atoms with van der Waals surface area (Å²) in [6.07, 6.45) is 8.37. The topological polar surface area (TPSA) is 20.2 Å². The van der Waals surface area contributed by atoms with E-state index in [9.17, 15) is 5.11 Å². The maximum absolute atomic E-state index is 10.8. The van der Waals surface area contributed by atoms with Gasteiger partial charge in [0.25, 0.3) is 0 Å². The van der Waals surface area contributed by atoms with Crippen LogP contribution in [-0.4, -0.2) is 5.11 Å². The highest BCUT2D eigenvalue weighted by atomic mass is 16.3. The van der Waals surface area contributed by atoms with Crippen molar-refractivity contribution in [3.63, 3.8) is 0 Å². The van der Waals surface area contributed by atoms with Gasteiger partial charge in [0.1, 0.15) is 0 Å². The molecule has 1 saturated carbocycles. The summed E-state index contributed by atoms with van der Waals surface area (Å²) >= 11 is 0.